The number of rotatable bonds is 4. The summed E-state index contributed by atoms with van der Waals surface area (Å²) in [6, 6.07) is 11.5. The molecule has 0 saturated heterocycles. The van der Waals surface area contributed by atoms with Gasteiger partial charge in [0.1, 0.15) is 11.5 Å². The Labute approximate surface area is 125 Å². The predicted octanol–water partition coefficient (Wildman–Crippen LogP) is 3.77. The number of esters is 1. The molecule has 3 nitrogen and oxygen atoms in total. The molecule has 0 fully saturated rings. The summed E-state index contributed by atoms with van der Waals surface area (Å²) in [7, 11) is 1.60. The van der Waals surface area contributed by atoms with Crippen LogP contribution in [0.4, 0.5) is 0 Å². The number of carbonyl (C=O) groups excluding carboxylic acids is 1. The lowest BCUT2D eigenvalue weighted by atomic mass is 10.1. The van der Waals surface area contributed by atoms with Crippen molar-refractivity contribution in [3.05, 3.63) is 58.7 Å². The quantitative estimate of drug-likeness (QED) is 0.633. The molecule has 21 heavy (non-hydrogen) atoms. The second-order valence-corrected chi connectivity index (χ2v) is 5.19. The minimum Gasteiger partial charge on any atom is -0.496 e. The summed E-state index contributed by atoms with van der Waals surface area (Å²) in [5.41, 5.74) is 3.93. The number of methoxy groups -OCH3 is 1. The van der Waals surface area contributed by atoms with E-state index in [0.717, 1.165) is 22.3 Å². The van der Waals surface area contributed by atoms with E-state index in [-0.39, 0.29) is 12.4 Å². The number of aryl methyl sites for hydroxylation is 3. The molecule has 0 aliphatic carbocycles. The van der Waals surface area contributed by atoms with Crippen molar-refractivity contribution in [1.82, 2.24) is 0 Å². The van der Waals surface area contributed by atoms with Gasteiger partial charge in [0.25, 0.3) is 0 Å². The first-order chi connectivity index (χ1) is 10.0. The van der Waals surface area contributed by atoms with Gasteiger partial charge >= 0.3 is 5.97 Å². The van der Waals surface area contributed by atoms with Crippen LogP contribution in [-0.2, 0) is 11.2 Å². The average molecular weight is 284 g/mol. The minimum atomic E-state index is -0.283. The zero-order chi connectivity index (χ0) is 15.4. The number of para-hydroxylation sites is 1. The lowest BCUT2D eigenvalue weighted by Gasteiger charge is -2.12. The molecular weight excluding hydrogens is 264 g/mol. The number of carbonyl (C=O) groups is 1. The normalized spacial score (nSPS) is 10.3. The Morgan fingerprint density at radius 1 is 1.05 bits per heavy atom. The lowest BCUT2D eigenvalue weighted by molar-refractivity contribution is -0.133. The molecule has 0 atom stereocenters. The predicted molar refractivity (Wildman–Crippen MR) is 83.0 cm³/mol. The van der Waals surface area contributed by atoms with E-state index in [9.17, 15) is 4.79 Å². The van der Waals surface area contributed by atoms with E-state index < -0.39 is 0 Å². The number of ether oxygens (including phenoxy) is 2. The molecule has 0 heterocycles. The van der Waals surface area contributed by atoms with Crippen LogP contribution in [0, 0.1) is 20.8 Å². The van der Waals surface area contributed by atoms with Crippen LogP contribution in [0.15, 0.2) is 36.4 Å². The van der Waals surface area contributed by atoms with Crippen LogP contribution < -0.4 is 9.47 Å². The van der Waals surface area contributed by atoms with Crippen LogP contribution in [0.25, 0.3) is 0 Å². The van der Waals surface area contributed by atoms with Gasteiger partial charge in [-0.1, -0.05) is 35.9 Å². The van der Waals surface area contributed by atoms with Crippen LogP contribution in [0.2, 0.25) is 0 Å². The number of benzene rings is 2. The topological polar surface area (TPSA) is 35.5 Å². The summed E-state index contributed by atoms with van der Waals surface area (Å²) in [4.78, 5) is 12.2. The highest BCUT2D eigenvalue weighted by molar-refractivity contribution is 5.76. The molecule has 2 aromatic rings. The van der Waals surface area contributed by atoms with Crippen molar-refractivity contribution in [3.8, 4) is 11.5 Å². The standard InChI is InChI=1S/C18H20O3/c1-12-9-13(2)18(14(3)10-12)21-17(19)11-15-7-5-6-8-16(15)20-4/h5-10H,11H2,1-4H3. The first-order valence-electron chi connectivity index (χ1n) is 6.91. The highest BCUT2D eigenvalue weighted by Gasteiger charge is 2.13. The third-order valence-electron chi connectivity index (χ3n) is 3.35. The Morgan fingerprint density at radius 3 is 2.29 bits per heavy atom. The van der Waals surface area contributed by atoms with E-state index in [1.54, 1.807) is 7.11 Å². The van der Waals surface area contributed by atoms with Crippen LogP contribution in [0.1, 0.15) is 22.3 Å². The van der Waals surface area contributed by atoms with Gasteiger partial charge in [-0.2, -0.15) is 0 Å². The molecule has 2 aromatic carbocycles. The molecule has 0 aliphatic rings. The van der Waals surface area contributed by atoms with Crippen molar-refractivity contribution >= 4 is 5.97 Å². The van der Waals surface area contributed by atoms with Gasteiger partial charge in [0.2, 0.25) is 0 Å². The first-order valence-corrected chi connectivity index (χ1v) is 6.91. The second-order valence-electron chi connectivity index (χ2n) is 5.19. The fourth-order valence-corrected chi connectivity index (χ4v) is 2.48. The van der Waals surface area contributed by atoms with Gasteiger partial charge in [-0.05, 0) is 38.0 Å². The molecular formula is C18H20O3. The monoisotopic (exact) mass is 284 g/mol. The van der Waals surface area contributed by atoms with Crippen molar-refractivity contribution in [2.24, 2.45) is 0 Å². The Kier molecular flexibility index (Phi) is 4.63. The lowest BCUT2D eigenvalue weighted by Crippen LogP contribution is -2.13. The van der Waals surface area contributed by atoms with Crippen molar-refractivity contribution in [1.29, 1.82) is 0 Å². The summed E-state index contributed by atoms with van der Waals surface area (Å²) >= 11 is 0. The van der Waals surface area contributed by atoms with Gasteiger partial charge in [-0.25, -0.2) is 0 Å². The van der Waals surface area contributed by atoms with Crippen molar-refractivity contribution in [2.45, 2.75) is 27.2 Å². The van der Waals surface area contributed by atoms with E-state index in [4.69, 9.17) is 9.47 Å². The van der Waals surface area contributed by atoms with Crippen LogP contribution in [0.5, 0.6) is 11.5 Å². The molecule has 0 amide bonds. The molecule has 0 aromatic heterocycles. The Hall–Kier alpha value is -2.29. The molecule has 0 saturated carbocycles. The van der Waals surface area contributed by atoms with Gasteiger partial charge in [0, 0.05) is 5.56 Å². The van der Waals surface area contributed by atoms with Crippen molar-refractivity contribution in [3.63, 3.8) is 0 Å². The van der Waals surface area contributed by atoms with Gasteiger partial charge < -0.3 is 9.47 Å². The highest BCUT2D eigenvalue weighted by atomic mass is 16.5. The Bertz CT molecular complexity index is 636. The van der Waals surface area contributed by atoms with Gasteiger partial charge in [-0.3, -0.25) is 4.79 Å². The molecule has 0 bridgehead atoms. The highest BCUT2D eigenvalue weighted by Crippen LogP contribution is 2.25. The van der Waals surface area contributed by atoms with Crippen LogP contribution >= 0.6 is 0 Å². The number of hydrogen-bond donors (Lipinski definition) is 0. The average Bonchev–Trinajstić information content (AvgIpc) is 2.43. The third kappa shape index (κ3) is 3.63. The van der Waals surface area contributed by atoms with E-state index in [1.165, 1.54) is 0 Å². The maximum absolute atomic E-state index is 12.2. The molecule has 0 aliphatic heterocycles. The van der Waals surface area contributed by atoms with Crippen LogP contribution in [-0.4, -0.2) is 13.1 Å². The molecule has 0 spiro atoms. The SMILES string of the molecule is COc1ccccc1CC(=O)Oc1c(C)cc(C)cc1C. The molecule has 2 rings (SSSR count). The Morgan fingerprint density at radius 2 is 1.67 bits per heavy atom. The fraction of sp³-hybridized carbons (Fsp3) is 0.278. The summed E-state index contributed by atoms with van der Waals surface area (Å²) in [6.45, 7) is 5.93. The second kappa shape index (κ2) is 6.44. The summed E-state index contributed by atoms with van der Waals surface area (Å²) in [5, 5.41) is 0. The molecule has 0 radical (unpaired) electrons. The first kappa shape index (κ1) is 15.1. The van der Waals surface area contributed by atoms with E-state index in [0.29, 0.717) is 11.5 Å². The molecule has 0 N–H and O–H groups in total. The summed E-state index contributed by atoms with van der Waals surface area (Å²) < 4.78 is 10.8. The van der Waals surface area contributed by atoms with E-state index in [1.807, 2.05) is 57.2 Å². The van der Waals surface area contributed by atoms with Gasteiger partial charge in [-0.15, -0.1) is 0 Å². The van der Waals surface area contributed by atoms with Crippen LogP contribution in [0.3, 0.4) is 0 Å². The van der Waals surface area contributed by atoms with Crippen molar-refractivity contribution < 1.29 is 14.3 Å². The molecule has 3 heteroatoms. The zero-order valence-corrected chi connectivity index (χ0v) is 12.9. The fourth-order valence-electron chi connectivity index (χ4n) is 2.48. The minimum absolute atomic E-state index is 0.191. The maximum Gasteiger partial charge on any atom is 0.315 e. The third-order valence-corrected chi connectivity index (χ3v) is 3.35. The molecule has 110 valence electrons. The molecule has 0 unspecified atom stereocenters. The summed E-state index contributed by atoms with van der Waals surface area (Å²) in [6.07, 6.45) is 0.191. The van der Waals surface area contributed by atoms with E-state index >= 15 is 0 Å². The largest absolute Gasteiger partial charge is 0.496 e. The Balaban J connectivity index is 2.16. The maximum atomic E-state index is 12.2. The van der Waals surface area contributed by atoms with Crippen molar-refractivity contribution in [2.75, 3.05) is 7.11 Å². The van der Waals surface area contributed by atoms with Gasteiger partial charge in [0.15, 0.2) is 0 Å². The summed E-state index contributed by atoms with van der Waals surface area (Å²) in [5.74, 6) is 1.07. The van der Waals surface area contributed by atoms with E-state index in [2.05, 4.69) is 0 Å². The number of hydrogen-bond acceptors (Lipinski definition) is 3. The smallest absolute Gasteiger partial charge is 0.315 e. The van der Waals surface area contributed by atoms with Gasteiger partial charge in [0.05, 0.1) is 13.5 Å². The zero-order valence-electron chi connectivity index (χ0n) is 12.9.